The molecule has 1 aliphatic rings. The zero-order valence-electron chi connectivity index (χ0n) is 14.3. The molecule has 1 saturated heterocycles. The van der Waals surface area contributed by atoms with E-state index in [0.29, 0.717) is 23.8 Å². The second-order valence-corrected chi connectivity index (χ2v) is 8.27. The molecule has 0 saturated carbocycles. The van der Waals surface area contributed by atoms with Crippen molar-refractivity contribution in [3.05, 3.63) is 29.3 Å². The molecule has 24 heavy (non-hydrogen) atoms. The van der Waals surface area contributed by atoms with Gasteiger partial charge >= 0.3 is 0 Å². The normalized spacial score (nSPS) is 17.6. The van der Waals surface area contributed by atoms with Crippen LogP contribution >= 0.6 is 11.6 Å². The maximum absolute atomic E-state index is 12.8. The third kappa shape index (κ3) is 4.40. The van der Waals surface area contributed by atoms with Crippen molar-refractivity contribution in [1.29, 1.82) is 0 Å². The third-order valence-electron chi connectivity index (χ3n) is 4.28. The van der Waals surface area contributed by atoms with Crippen molar-refractivity contribution in [3.8, 4) is 0 Å². The minimum atomic E-state index is -3.60. The van der Waals surface area contributed by atoms with E-state index in [0.717, 1.165) is 30.2 Å². The van der Waals surface area contributed by atoms with E-state index in [1.54, 1.807) is 36.1 Å². The van der Waals surface area contributed by atoms with E-state index < -0.39 is 16.1 Å². The summed E-state index contributed by atoms with van der Waals surface area (Å²) in [5, 5.41) is 0.516. The number of halogens is 1. The summed E-state index contributed by atoms with van der Waals surface area (Å²) >= 11 is 5.87. The molecule has 1 aromatic carbocycles. The molecule has 0 unspecified atom stereocenters. The number of likely N-dealkylation sites (N-methyl/N-ethyl adjacent to an activating group) is 1. The molecule has 0 aromatic heterocycles. The molecule has 1 fully saturated rings. The number of nitrogens with zero attached hydrogens (tertiary/aromatic N) is 3. The van der Waals surface area contributed by atoms with Crippen LogP contribution in [-0.4, -0.2) is 69.1 Å². The van der Waals surface area contributed by atoms with Gasteiger partial charge in [0.05, 0.1) is 11.9 Å². The number of carbonyl (C=O) groups excluding carboxylic acids is 1. The molecule has 0 radical (unpaired) electrons. The average Bonchev–Trinajstić information content (AvgIpc) is 2.55. The van der Waals surface area contributed by atoms with Crippen molar-refractivity contribution >= 4 is 33.2 Å². The summed E-state index contributed by atoms with van der Waals surface area (Å²) in [7, 11) is -3.60. The maximum atomic E-state index is 12.8. The third-order valence-corrected chi connectivity index (χ3v) is 5.77. The number of piperazine rings is 1. The summed E-state index contributed by atoms with van der Waals surface area (Å²) in [5.74, 6) is -0.175. The summed E-state index contributed by atoms with van der Waals surface area (Å²) in [5.41, 5.74) is 0.440. The van der Waals surface area contributed by atoms with Gasteiger partial charge in [0.1, 0.15) is 6.04 Å². The van der Waals surface area contributed by atoms with Crippen molar-refractivity contribution in [2.45, 2.75) is 19.9 Å². The number of hydrogen-bond donors (Lipinski definition) is 0. The van der Waals surface area contributed by atoms with Crippen molar-refractivity contribution < 1.29 is 13.2 Å². The van der Waals surface area contributed by atoms with Gasteiger partial charge in [0.2, 0.25) is 15.9 Å². The lowest BCUT2D eigenvalue weighted by atomic mass is 10.2. The van der Waals surface area contributed by atoms with Crippen LogP contribution < -0.4 is 4.31 Å². The predicted molar refractivity (Wildman–Crippen MR) is 96.9 cm³/mol. The van der Waals surface area contributed by atoms with Gasteiger partial charge in [-0.25, -0.2) is 8.42 Å². The summed E-state index contributed by atoms with van der Waals surface area (Å²) in [6.45, 7) is 7.54. The minimum absolute atomic E-state index is 0.175. The van der Waals surface area contributed by atoms with Crippen LogP contribution in [0.1, 0.15) is 13.8 Å². The number of amides is 1. The Morgan fingerprint density at radius 1 is 1.21 bits per heavy atom. The first kappa shape index (κ1) is 19.0. The number of hydrogen-bond acceptors (Lipinski definition) is 4. The highest BCUT2D eigenvalue weighted by Crippen LogP contribution is 2.24. The molecule has 1 heterocycles. The molecule has 0 N–H and O–H groups in total. The highest BCUT2D eigenvalue weighted by atomic mass is 35.5. The molecule has 8 heteroatoms. The fraction of sp³-hybridized carbons (Fsp3) is 0.562. The van der Waals surface area contributed by atoms with Gasteiger partial charge in [-0.3, -0.25) is 9.10 Å². The molecule has 1 atom stereocenters. The SMILES string of the molecule is CCN1CCN(C(=O)[C@H](C)N(c2ccc(Cl)cc2)S(C)(=O)=O)CC1. The van der Waals surface area contributed by atoms with Gasteiger partial charge in [0.25, 0.3) is 0 Å². The van der Waals surface area contributed by atoms with E-state index in [1.165, 1.54) is 0 Å². The van der Waals surface area contributed by atoms with E-state index in [1.807, 2.05) is 0 Å². The lowest BCUT2D eigenvalue weighted by molar-refractivity contribution is -0.133. The Morgan fingerprint density at radius 3 is 2.21 bits per heavy atom. The number of rotatable bonds is 5. The van der Waals surface area contributed by atoms with E-state index in [2.05, 4.69) is 11.8 Å². The summed E-state index contributed by atoms with van der Waals surface area (Å²) in [6, 6.07) is 5.66. The van der Waals surface area contributed by atoms with Crippen LogP contribution in [0.25, 0.3) is 0 Å². The van der Waals surface area contributed by atoms with Crippen molar-refractivity contribution in [3.63, 3.8) is 0 Å². The molecule has 0 bridgehead atoms. The zero-order valence-corrected chi connectivity index (χ0v) is 15.8. The Balaban J connectivity index is 2.20. The Kier molecular flexibility index (Phi) is 6.11. The molecule has 134 valence electrons. The summed E-state index contributed by atoms with van der Waals surface area (Å²) < 4.78 is 25.7. The maximum Gasteiger partial charge on any atom is 0.246 e. The number of benzene rings is 1. The zero-order chi connectivity index (χ0) is 17.9. The average molecular weight is 374 g/mol. The van der Waals surface area contributed by atoms with E-state index in [-0.39, 0.29) is 5.91 Å². The molecule has 2 rings (SSSR count). The second-order valence-electron chi connectivity index (χ2n) is 5.97. The van der Waals surface area contributed by atoms with Crippen molar-refractivity contribution in [1.82, 2.24) is 9.80 Å². The number of sulfonamides is 1. The quantitative estimate of drug-likeness (QED) is 0.787. The molecule has 0 aliphatic carbocycles. The molecule has 6 nitrogen and oxygen atoms in total. The fourth-order valence-electron chi connectivity index (χ4n) is 2.94. The highest BCUT2D eigenvalue weighted by Gasteiger charge is 2.33. The van der Waals surface area contributed by atoms with Crippen LogP contribution in [0.2, 0.25) is 5.02 Å². The smallest absolute Gasteiger partial charge is 0.246 e. The summed E-state index contributed by atoms with van der Waals surface area (Å²) in [4.78, 5) is 16.8. The van der Waals surface area contributed by atoms with Crippen molar-refractivity contribution in [2.24, 2.45) is 0 Å². The van der Waals surface area contributed by atoms with Crippen LogP contribution in [0.5, 0.6) is 0 Å². The van der Waals surface area contributed by atoms with E-state index in [4.69, 9.17) is 11.6 Å². The molecule has 1 aliphatic heterocycles. The first-order chi connectivity index (χ1) is 11.2. The lowest BCUT2D eigenvalue weighted by Crippen LogP contribution is -2.55. The monoisotopic (exact) mass is 373 g/mol. The lowest BCUT2D eigenvalue weighted by Gasteiger charge is -2.37. The Hall–Kier alpha value is -1.31. The van der Waals surface area contributed by atoms with Gasteiger partial charge in [-0.05, 0) is 37.7 Å². The highest BCUT2D eigenvalue weighted by molar-refractivity contribution is 7.92. The molecule has 1 aromatic rings. The largest absolute Gasteiger partial charge is 0.338 e. The minimum Gasteiger partial charge on any atom is -0.338 e. The topological polar surface area (TPSA) is 60.9 Å². The van der Waals surface area contributed by atoms with Gasteiger partial charge in [-0.15, -0.1) is 0 Å². The fourth-order valence-corrected chi connectivity index (χ4v) is 4.23. The Morgan fingerprint density at radius 2 is 1.75 bits per heavy atom. The van der Waals surface area contributed by atoms with Crippen LogP contribution in [0.3, 0.4) is 0 Å². The van der Waals surface area contributed by atoms with Gasteiger partial charge in [-0.1, -0.05) is 18.5 Å². The first-order valence-electron chi connectivity index (χ1n) is 8.00. The molecular formula is C16H24ClN3O3S. The number of anilines is 1. The van der Waals surface area contributed by atoms with E-state index in [9.17, 15) is 13.2 Å². The van der Waals surface area contributed by atoms with Crippen LogP contribution in [0.4, 0.5) is 5.69 Å². The Bertz CT molecular complexity index is 670. The van der Waals surface area contributed by atoms with Gasteiger partial charge in [0, 0.05) is 31.2 Å². The first-order valence-corrected chi connectivity index (χ1v) is 10.2. The standard InChI is InChI=1S/C16H24ClN3O3S/c1-4-18-9-11-19(12-10-18)16(21)13(2)20(24(3,22)23)15-7-5-14(17)6-8-15/h5-8,13H,4,9-12H2,1-3H3/t13-/m0/s1. The van der Waals surface area contributed by atoms with Crippen molar-refractivity contribution in [2.75, 3.05) is 43.3 Å². The molecular weight excluding hydrogens is 350 g/mol. The van der Waals surface area contributed by atoms with Crippen LogP contribution in [0.15, 0.2) is 24.3 Å². The van der Waals surface area contributed by atoms with Crippen LogP contribution in [-0.2, 0) is 14.8 Å². The number of carbonyl (C=O) groups is 1. The predicted octanol–water partition coefficient (Wildman–Crippen LogP) is 1.66. The van der Waals surface area contributed by atoms with Gasteiger partial charge in [-0.2, -0.15) is 0 Å². The molecule has 1 amide bonds. The van der Waals surface area contributed by atoms with Crippen LogP contribution in [0, 0.1) is 0 Å². The summed E-state index contributed by atoms with van der Waals surface area (Å²) in [6.07, 6.45) is 1.11. The van der Waals surface area contributed by atoms with Gasteiger partial charge in [0.15, 0.2) is 0 Å². The second kappa shape index (κ2) is 7.72. The molecule has 0 spiro atoms. The van der Waals surface area contributed by atoms with E-state index >= 15 is 0 Å². The Labute approximate surface area is 149 Å². The van der Waals surface area contributed by atoms with Gasteiger partial charge < -0.3 is 9.80 Å².